The van der Waals surface area contributed by atoms with E-state index in [1.807, 2.05) is 74.2 Å². The van der Waals surface area contributed by atoms with E-state index in [2.05, 4.69) is 91.2 Å². The van der Waals surface area contributed by atoms with Crippen molar-refractivity contribution in [2.24, 2.45) is 0 Å². The summed E-state index contributed by atoms with van der Waals surface area (Å²) in [6.45, 7) is 11.9. The molecule has 2 fully saturated rings. The Kier molecular flexibility index (Phi) is 21.4. The lowest BCUT2D eigenvalue weighted by atomic mass is 10.1. The monoisotopic (exact) mass is 1090 g/mol. The van der Waals surface area contributed by atoms with Crippen molar-refractivity contribution in [2.45, 2.75) is 135 Å². The highest BCUT2D eigenvalue weighted by atomic mass is 28.3. The molecule has 412 valence electrons. The number of nitro groups is 2. The van der Waals surface area contributed by atoms with Gasteiger partial charge < -0.3 is 24.4 Å². The number of benzene rings is 6. The number of nitrogens with zero attached hydrogens (tertiary/aromatic N) is 3. The highest BCUT2D eigenvalue weighted by Crippen LogP contribution is 2.29. The highest BCUT2D eigenvalue weighted by Gasteiger charge is 2.39. The average Bonchev–Trinajstić information content (AvgIpc) is 4.17. The fourth-order valence-electron chi connectivity index (χ4n) is 10.7. The van der Waals surface area contributed by atoms with Gasteiger partial charge in [0, 0.05) is 42.9 Å². The van der Waals surface area contributed by atoms with E-state index in [1.165, 1.54) is 75.7 Å². The average molecular weight is 1090 g/mol. The van der Waals surface area contributed by atoms with Crippen molar-refractivity contribution in [1.29, 1.82) is 0 Å². The first kappa shape index (κ1) is 60.0. The van der Waals surface area contributed by atoms with Crippen LogP contribution in [-0.2, 0) is 14.2 Å². The molecule has 2 unspecified atom stereocenters. The van der Waals surface area contributed by atoms with Gasteiger partial charge in [0.2, 0.25) is 0 Å². The molecule has 2 aliphatic heterocycles. The normalized spacial score (nSPS) is 16.1. The number of nitro benzene ring substituents is 2. The predicted octanol–water partition coefficient (Wildman–Crippen LogP) is 11.4. The zero-order chi connectivity index (χ0) is 55.0. The van der Waals surface area contributed by atoms with E-state index in [-0.39, 0.29) is 42.6 Å². The zero-order valence-corrected chi connectivity index (χ0v) is 46.9. The van der Waals surface area contributed by atoms with Gasteiger partial charge in [-0.3, -0.25) is 20.2 Å². The van der Waals surface area contributed by atoms with Crippen LogP contribution in [0.25, 0.3) is 0 Å². The largest absolute Gasteiger partial charge is 0.459 e. The molecule has 0 saturated carbocycles. The minimum atomic E-state index is -2.38. The minimum Gasteiger partial charge on any atom is -0.459 e. The van der Waals surface area contributed by atoms with Gasteiger partial charge in [0.25, 0.3) is 11.4 Å². The molecular weight excluding hydrogens is 1020 g/mol. The van der Waals surface area contributed by atoms with Crippen LogP contribution in [0.5, 0.6) is 0 Å². The van der Waals surface area contributed by atoms with Gasteiger partial charge in [-0.1, -0.05) is 163 Å². The molecule has 2 saturated heterocycles. The van der Waals surface area contributed by atoms with E-state index in [1.54, 1.807) is 0 Å². The van der Waals surface area contributed by atoms with Crippen molar-refractivity contribution in [1.82, 2.24) is 10.2 Å². The molecule has 0 aromatic heterocycles. The first-order chi connectivity index (χ1) is 36.9. The van der Waals surface area contributed by atoms with Crippen LogP contribution in [0.4, 0.5) is 16.2 Å². The molecule has 8 rings (SSSR count). The summed E-state index contributed by atoms with van der Waals surface area (Å²) >= 11 is 0. The van der Waals surface area contributed by atoms with E-state index in [9.17, 15) is 34.6 Å². The third kappa shape index (κ3) is 16.4. The maximum Gasteiger partial charge on any atom is 0.410 e. The topological polar surface area (TPSA) is 180 Å². The number of non-ortho nitro benzene ring substituents is 2. The van der Waals surface area contributed by atoms with Crippen molar-refractivity contribution in [3.8, 4) is 0 Å². The third-order valence-electron chi connectivity index (χ3n) is 14.9. The van der Waals surface area contributed by atoms with Gasteiger partial charge in [0.05, 0.1) is 21.0 Å². The highest BCUT2D eigenvalue weighted by molar-refractivity contribution is 7.02. The first-order valence-electron chi connectivity index (χ1n) is 26.8. The van der Waals surface area contributed by atoms with E-state index >= 15 is 0 Å². The smallest absolute Gasteiger partial charge is 0.410 e. The number of hydrogen-bond acceptors (Lipinski definition) is 11. The molecule has 14 nitrogen and oxygen atoms in total. The number of likely N-dealkylation sites (tertiary alicyclic amines) is 1. The number of rotatable bonds is 20. The quantitative estimate of drug-likeness (QED) is 0.0253. The summed E-state index contributed by atoms with van der Waals surface area (Å²) < 4.78 is 18.0. The summed E-state index contributed by atoms with van der Waals surface area (Å²) in [6, 6.07) is 54.9. The lowest BCUT2D eigenvalue weighted by Gasteiger charge is -2.34. The Labute approximate surface area is 461 Å². The number of esters is 2. The molecule has 0 bridgehead atoms. The van der Waals surface area contributed by atoms with E-state index in [0.29, 0.717) is 37.0 Å². The molecule has 0 aliphatic carbocycles. The molecule has 1 amide bonds. The number of amides is 1. The van der Waals surface area contributed by atoms with Crippen molar-refractivity contribution < 1.29 is 38.4 Å². The molecule has 78 heavy (non-hydrogen) atoms. The zero-order valence-electron chi connectivity index (χ0n) is 44.9. The first-order valence-corrected chi connectivity index (χ1v) is 32.2. The van der Waals surface area contributed by atoms with E-state index in [0.717, 1.165) is 44.7 Å². The second kappa shape index (κ2) is 27.9. The van der Waals surface area contributed by atoms with Crippen LogP contribution in [-0.4, -0.2) is 91.9 Å². The molecule has 16 heteroatoms. The van der Waals surface area contributed by atoms with Crippen LogP contribution in [0.3, 0.4) is 0 Å². The Morgan fingerprint density at radius 3 is 1.32 bits per heavy atom. The Balaban J connectivity index is 0.000000253. The predicted molar refractivity (Wildman–Crippen MR) is 314 cm³/mol. The lowest BCUT2D eigenvalue weighted by molar-refractivity contribution is -0.385. The third-order valence-corrected chi connectivity index (χ3v) is 23.9. The molecule has 1 N–H and O–H groups in total. The minimum absolute atomic E-state index is 0. The van der Waals surface area contributed by atoms with Crippen molar-refractivity contribution in [2.75, 3.05) is 13.1 Å². The fraction of sp³-hybridized carbons (Fsp3) is 0.371. The Bertz CT molecular complexity index is 2790. The second-order valence-corrected chi connectivity index (χ2v) is 30.1. The molecule has 6 aromatic carbocycles. The number of carbonyl (C=O) groups is 3. The number of carbonyl (C=O) groups excluding carboxylic acids is 3. The standard InChI is InChI=1S/C33H40N2O6Si.C28H32N2O4Si.CH4/c1-33(2,3)41-32(37)34-23-11-12-26(34)21-22-28(40-31(36)25-17-19-27(20-18-25)35(38)39)24-42(4,29-13-7-5-8-14-29)30-15-9-6-10-16-30;1-35(26-10-4-2-5-11-26,27-12-6-3-7-13-27)21-25(19-16-23-9-8-20-29-23)34-28(31)22-14-17-24(18-15-22)30(32)33;/h5-10,13-20,26,28H,11-12,21-24H2,1-4H3;2-7,10-15,17-18,23,25,29H,8-9,16,19-21H2,1H3;1H4/t26-,28?;23-,25?;/m00./s1. The summed E-state index contributed by atoms with van der Waals surface area (Å²) in [5.41, 5.74) is -0.100. The summed E-state index contributed by atoms with van der Waals surface area (Å²) in [5.74, 6) is -0.940. The van der Waals surface area contributed by atoms with Gasteiger partial charge in [0.15, 0.2) is 0 Å². The van der Waals surface area contributed by atoms with Gasteiger partial charge in [-0.2, -0.15) is 0 Å². The summed E-state index contributed by atoms with van der Waals surface area (Å²) in [6.07, 6.45) is 6.08. The number of hydrogen-bond donors (Lipinski definition) is 1. The van der Waals surface area contributed by atoms with Crippen LogP contribution < -0.4 is 26.1 Å². The SMILES string of the molecule is C.CC(C)(C)OC(=O)N1CCC[C@H]1CCC(C[Si](C)(c1ccccc1)c1ccccc1)OC(=O)c1ccc([N+](=O)[O-])cc1.C[Si](CC(CC[C@@H]1CCCN1)OC(=O)c1ccc([N+](=O)[O-])cc1)(c1ccccc1)c1ccccc1. The van der Waals surface area contributed by atoms with Gasteiger partial charge in [0.1, 0.15) is 34.0 Å². The van der Waals surface area contributed by atoms with Crippen LogP contribution in [0.2, 0.25) is 25.2 Å². The van der Waals surface area contributed by atoms with E-state index < -0.39 is 49.6 Å². The van der Waals surface area contributed by atoms with Crippen molar-refractivity contribution in [3.63, 3.8) is 0 Å². The maximum absolute atomic E-state index is 13.4. The number of ether oxygens (including phenoxy) is 3. The Morgan fingerprint density at radius 1 is 0.590 bits per heavy atom. The van der Waals surface area contributed by atoms with Crippen LogP contribution >= 0.6 is 0 Å². The van der Waals surface area contributed by atoms with Gasteiger partial charge in [-0.05, 0) is 115 Å². The van der Waals surface area contributed by atoms with E-state index in [4.69, 9.17) is 14.2 Å². The number of nitrogens with one attached hydrogen (secondary N) is 1. The van der Waals surface area contributed by atoms with Gasteiger partial charge in [-0.15, -0.1) is 0 Å². The second-order valence-electron chi connectivity index (χ2n) is 21.6. The van der Waals surface area contributed by atoms with Crippen LogP contribution in [0.15, 0.2) is 170 Å². The van der Waals surface area contributed by atoms with Crippen LogP contribution in [0.1, 0.15) is 100 Å². The van der Waals surface area contributed by atoms with Gasteiger partial charge >= 0.3 is 18.0 Å². The van der Waals surface area contributed by atoms with Crippen LogP contribution in [0, 0.1) is 20.2 Å². The van der Waals surface area contributed by atoms with Crippen molar-refractivity contribution >= 4 is 66.3 Å². The molecule has 4 atom stereocenters. The Hall–Kier alpha value is -7.28. The maximum atomic E-state index is 13.4. The molecule has 6 aromatic rings. The molecule has 0 radical (unpaired) electrons. The summed E-state index contributed by atoms with van der Waals surface area (Å²) in [7, 11) is -4.60. The van der Waals surface area contributed by atoms with Crippen molar-refractivity contribution in [3.05, 3.63) is 201 Å². The Morgan fingerprint density at radius 2 is 0.974 bits per heavy atom. The lowest BCUT2D eigenvalue weighted by Crippen LogP contribution is -2.57. The fourth-order valence-corrected chi connectivity index (χ4v) is 18.4. The molecule has 0 spiro atoms. The van der Waals surface area contributed by atoms with Gasteiger partial charge in [-0.25, -0.2) is 14.4 Å². The summed E-state index contributed by atoms with van der Waals surface area (Å²) in [5, 5.41) is 30.7. The molecular formula is C62H76N4O10Si2. The summed E-state index contributed by atoms with van der Waals surface area (Å²) in [4.78, 5) is 62.3. The molecule has 2 heterocycles. The molecule has 2 aliphatic rings.